The molecule has 0 bridgehead atoms. The van der Waals surface area contributed by atoms with Crippen molar-refractivity contribution in [3.63, 3.8) is 0 Å². The molecule has 1 amide bonds. The fourth-order valence-corrected chi connectivity index (χ4v) is 7.31. The van der Waals surface area contributed by atoms with E-state index in [-0.39, 0.29) is 64.0 Å². The second-order valence-electron chi connectivity index (χ2n) is 10.3. The number of hydrogen-bond donors (Lipinski definition) is 1. The first-order valence-electron chi connectivity index (χ1n) is 13.0. The minimum Gasteiger partial charge on any atom is -0.381 e. The van der Waals surface area contributed by atoms with Crippen LogP contribution in [-0.2, 0) is 35.5 Å². The number of piperidine rings is 1. The SMILES string of the molecule is CC(F)(F)CCc1ccc(C2CCN(S(=O)(=O)C3(C(=O)NOC4CCCOC4)CCOCC3)CC2)nc1. The number of nitrogens with zero attached hydrogens (tertiary/aromatic N) is 2. The molecular weight excluding hydrogens is 508 g/mol. The van der Waals surface area contributed by atoms with Gasteiger partial charge in [0, 0.05) is 70.0 Å². The van der Waals surface area contributed by atoms with E-state index < -0.39 is 26.6 Å². The molecule has 4 rings (SSSR count). The Morgan fingerprint density at radius 1 is 1.19 bits per heavy atom. The van der Waals surface area contributed by atoms with Crippen molar-refractivity contribution in [1.82, 2.24) is 14.8 Å². The topological polar surface area (TPSA) is 107 Å². The number of carbonyl (C=O) groups is 1. The van der Waals surface area contributed by atoms with E-state index in [0.29, 0.717) is 26.1 Å². The van der Waals surface area contributed by atoms with Gasteiger partial charge in [-0.15, -0.1) is 0 Å². The molecule has 4 heterocycles. The van der Waals surface area contributed by atoms with Crippen LogP contribution in [0.3, 0.4) is 0 Å². The van der Waals surface area contributed by atoms with E-state index in [0.717, 1.165) is 31.0 Å². The Morgan fingerprint density at radius 2 is 1.92 bits per heavy atom. The molecule has 0 aromatic carbocycles. The number of sulfonamides is 1. The quantitative estimate of drug-likeness (QED) is 0.476. The first-order chi connectivity index (χ1) is 17.6. The Balaban J connectivity index is 1.38. The van der Waals surface area contributed by atoms with E-state index in [1.807, 2.05) is 12.1 Å². The van der Waals surface area contributed by atoms with Crippen LogP contribution in [0.15, 0.2) is 18.3 Å². The molecule has 3 saturated heterocycles. The van der Waals surface area contributed by atoms with Gasteiger partial charge in [-0.3, -0.25) is 14.6 Å². The number of alkyl halides is 2. The summed E-state index contributed by atoms with van der Waals surface area (Å²) in [5, 5.41) is 0. The zero-order valence-corrected chi connectivity index (χ0v) is 22.1. The number of halogens is 2. The van der Waals surface area contributed by atoms with Gasteiger partial charge in [0.15, 0.2) is 4.75 Å². The van der Waals surface area contributed by atoms with Crippen molar-refractivity contribution in [2.45, 2.75) is 81.0 Å². The predicted octanol–water partition coefficient (Wildman–Crippen LogP) is 2.95. The fourth-order valence-electron chi connectivity index (χ4n) is 5.17. The van der Waals surface area contributed by atoms with Gasteiger partial charge < -0.3 is 9.47 Å². The molecule has 208 valence electrons. The summed E-state index contributed by atoms with van der Waals surface area (Å²) in [6.45, 7) is 2.81. The number of amides is 1. The van der Waals surface area contributed by atoms with Gasteiger partial charge in [0.2, 0.25) is 15.9 Å². The molecule has 3 aliphatic rings. The average Bonchev–Trinajstić information content (AvgIpc) is 2.91. The summed E-state index contributed by atoms with van der Waals surface area (Å²) >= 11 is 0. The Morgan fingerprint density at radius 3 is 2.51 bits per heavy atom. The van der Waals surface area contributed by atoms with E-state index in [4.69, 9.17) is 14.3 Å². The standard InChI is InChI=1S/C25H37F2N3O6S/c1-24(26,27)9-6-19-4-5-22(28-17-19)20-7-12-30(13-8-20)37(32,33)25(10-15-34-16-11-25)23(31)29-36-21-3-2-14-35-18-21/h4-5,17,20-21H,2-3,6-16,18H2,1H3,(H,29,31). The molecule has 3 fully saturated rings. The lowest BCUT2D eigenvalue weighted by Gasteiger charge is -2.41. The van der Waals surface area contributed by atoms with Crippen molar-refractivity contribution in [2.75, 3.05) is 39.5 Å². The molecule has 0 aliphatic carbocycles. The van der Waals surface area contributed by atoms with Gasteiger partial charge in [-0.25, -0.2) is 27.0 Å². The van der Waals surface area contributed by atoms with Crippen LogP contribution in [0.1, 0.15) is 69.0 Å². The van der Waals surface area contributed by atoms with Crippen LogP contribution in [0.4, 0.5) is 8.78 Å². The molecule has 0 spiro atoms. The summed E-state index contributed by atoms with van der Waals surface area (Å²) in [4.78, 5) is 23.3. The molecular formula is C25H37F2N3O6S. The highest BCUT2D eigenvalue weighted by Crippen LogP contribution is 2.37. The normalized spacial score (nSPS) is 24.0. The summed E-state index contributed by atoms with van der Waals surface area (Å²) in [6, 6.07) is 3.66. The van der Waals surface area contributed by atoms with Crippen LogP contribution in [0.25, 0.3) is 0 Å². The first kappa shape index (κ1) is 28.3. The maximum atomic E-state index is 13.8. The van der Waals surface area contributed by atoms with Gasteiger partial charge >= 0.3 is 0 Å². The molecule has 3 aliphatic heterocycles. The average molecular weight is 546 g/mol. The maximum Gasteiger partial charge on any atom is 0.266 e. The third kappa shape index (κ3) is 6.83. The highest BCUT2D eigenvalue weighted by Gasteiger charge is 2.55. The maximum absolute atomic E-state index is 13.8. The van der Waals surface area contributed by atoms with E-state index >= 15 is 0 Å². The molecule has 1 aromatic rings. The van der Waals surface area contributed by atoms with Gasteiger partial charge in [0.1, 0.15) is 6.10 Å². The van der Waals surface area contributed by atoms with Crippen molar-refractivity contribution >= 4 is 15.9 Å². The third-order valence-electron chi connectivity index (χ3n) is 7.56. The Hall–Kier alpha value is -1.73. The van der Waals surface area contributed by atoms with Crippen LogP contribution >= 0.6 is 0 Å². The first-order valence-corrected chi connectivity index (χ1v) is 14.5. The molecule has 1 aromatic heterocycles. The Bertz CT molecular complexity index is 998. The summed E-state index contributed by atoms with van der Waals surface area (Å²) in [6.07, 6.45) is 4.13. The van der Waals surface area contributed by atoms with Crippen molar-refractivity contribution in [2.24, 2.45) is 0 Å². The lowest BCUT2D eigenvalue weighted by Crippen LogP contribution is -2.61. The monoisotopic (exact) mass is 545 g/mol. The van der Waals surface area contributed by atoms with Crippen molar-refractivity contribution in [1.29, 1.82) is 0 Å². The largest absolute Gasteiger partial charge is 0.381 e. The van der Waals surface area contributed by atoms with Gasteiger partial charge in [-0.1, -0.05) is 6.07 Å². The van der Waals surface area contributed by atoms with Crippen LogP contribution < -0.4 is 5.48 Å². The molecule has 1 unspecified atom stereocenters. The summed E-state index contributed by atoms with van der Waals surface area (Å²) < 4.78 is 64.5. The number of hydrogen-bond acceptors (Lipinski definition) is 7. The second kappa shape index (κ2) is 12.0. The molecule has 37 heavy (non-hydrogen) atoms. The van der Waals surface area contributed by atoms with E-state index in [9.17, 15) is 22.0 Å². The number of carbonyl (C=O) groups excluding carboxylic acids is 1. The fraction of sp³-hybridized carbons (Fsp3) is 0.760. The van der Waals surface area contributed by atoms with Crippen LogP contribution in [0, 0.1) is 0 Å². The number of pyridine rings is 1. The van der Waals surface area contributed by atoms with E-state index in [2.05, 4.69) is 10.5 Å². The minimum atomic E-state index is -3.99. The predicted molar refractivity (Wildman–Crippen MR) is 131 cm³/mol. The molecule has 0 saturated carbocycles. The van der Waals surface area contributed by atoms with Crippen molar-refractivity contribution < 1.29 is 36.3 Å². The zero-order chi connectivity index (χ0) is 26.5. The molecule has 1 N–H and O–H groups in total. The van der Waals surface area contributed by atoms with E-state index in [1.165, 1.54) is 4.31 Å². The number of aryl methyl sites for hydroxylation is 1. The lowest BCUT2D eigenvalue weighted by molar-refractivity contribution is -0.151. The molecule has 9 nitrogen and oxygen atoms in total. The van der Waals surface area contributed by atoms with Crippen LogP contribution in [0.2, 0.25) is 0 Å². The van der Waals surface area contributed by atoms with E-state index in [1.54, 1.807) is 6.20 Å². The summed E-state index contributed by atoms with van der Waals surface area (Å²) in [5.41, 5.74) is 4.00. The number of aromatic nitrogens is 1. The molecule has 12 heteroatoms. The van der Waals surface area contributed by atoms with Crippen molar-refractivity contribution in [3.8, 4) is 0 Å². The highest BCUT2D eigenvalue weighted by atomic mass is 32.2. The third-order valence-corrected chi connectivity index (χ3v) is 10.2. The van der Waals surface area contributed by atoms with Gasteiger partial charge in [0.25, 0.3) is 5.91 Å². The van der Waals surface area contributed by atoms with Crippen LogP contribution in [-0.4, -0.2) is 79.9 Å². The van der Waals surface area contributed by atoms with Crippen molar-refractivity contribution in [3.05, 3.63) is 29.6 Å². The second-order valence-corrected chi connectivity index (χ2v) is 12.6. The number of rotatable bonds is 9. The van der Waals surface area contributed by atoms with Gasteiger partial charge in [0.05, 0.1) is 6.61 Å². The highest BCUT2D eigenvalue weighted by molar-refractivity contribution is 7.91. The summed E-state index contributed by atoms with van der Waals surface area (Å²) in [5.74, 6) is -3.31. The number of nitrogens with one attached hydrogen (secondary N) is 1. The zero-order valence-electron chi connectivity index (χ0n) is 21.3. The lowest BCUT2D eigenvalue weighted by atomic mass is 9.93. The minimum absolute atomic E-state index is 0.0576. The Labute approximate surface area is 217 Å². The van der Waals surface area contributed by atoms with Gasteiger partial charge in [-0.05, 0) is 50.7 Å². The smallest absolute Gasteiger partial charge is 0.266 e. The number of hydroxylamine groups is 1. The van der Waals surface area contributed by atoms with Crippen LogP contribution in [0.5, 0.6) is 0 Å². The number of ether oxygens (including phenoxy) is 2. The summed E-state index contributed by atoms with van der Waals surface area (Å²) in [7, 11) is -3.99. The van der Waals surface area contributed by atoms with Gasteiger partial charge in [-0.2, -0.15) is 0 Å². The molecule has 0 radical (unpaired) electrons. The molecule has 1 atom stereocenters. The Kier molecular flexibility index (Phi) is 9.16.